The first-order valence-electron chi connectivity index (χ1n) is 9.69. The molecule has 4 rings (SSSR count). The second-order valence-corrected chi connectivity index (χ2v) is 8.99. The summed E-state index contributed by atoms with van der Waals surface area (Å²) in [6.45, 7) is 1.24. The van der Waals surface area contributed by atoms with Gasteiger partial charge in [0.05, 0.1) is 18.3 Å². The average molecular weight is 469 g/mol. The first kappa shape index (κ1) is 21.7. The molecular formula is C22H20N4O4S2. The van der Waals surface area contributed by atoms with Gasteiger partial charge in [-0.05, 0) is 23.6 Å². The van der Waals surface area contributed by atoms with Crippen LogP contribution in [-0.4, -0.2) is 43.9 Å². The van der Waals surface area contributed by atoms with Gasteiger partial charge >= 0.3 is 5.97 Å². The SMILES string of the molecule is CN(Cc1ccccc1OCc1cn(Cc2cccs2)nn1)C(=O)c1csc(C(=O)O)c1. The molecule has 1 N–H and O–H groups in total. The number of amides is 1. The third-order valence-corrected chi connectivity index (χ3v) is 6.42. The van der Waals surface area contributed by atoms with E-state index in [4.69, 9.17) is 9.84 Å². The Balaban J connectivity index is 1.38. The molecule has 0 unspecified atom stereocenters. The minimum atomic E-state index is -1.04. The molecule has 0 aliphatic carbocycles. The number of carbonyl (C=O) groups excluding carboxylic acids is 1. The topological polar surface area (TPSA) is 97.5 Å². The predicted octanol–water partition coefficient (Wildman–Crippen LogP) is 4.00. The molecule has 0 saturated heterocycles. The lowest BCUT2D eigenvalue weighted by atomic mass is 10.1. The van der Waals surface area contributed by atoms with E-state index in [1.165, 1.54) is 15.8 Å². The molecule has 0 aliphatic heterocycles. The number of aromatic carboxylic acids is 1. The normalized spacial score (nSPS) is 10.8. The van der Waals surface area contributed by atoms with Crippen LogP contribution < -0.4 is 4.74 Å². The molecule has 10 heteroatoms. The van der Waals surface area contributed by atoms with Gasteiger partial charge in [0.1, 0.15) is 22.9 Å². The number of carbonyl (C=O) groups is 2. The number of thiophene rings is 2. The highest BCUT2D eigenvalue weighted by Gasteiger charge is 2.18. The van der Waals surface area contributed by atoms with Crippen LogP contribution in [0.2, 0.25) is 0 Å². The number of rotatable bonds is 9. The number of aromatic nitrogens is 3. The van der Waals surface area contributed by atoms with E-state index in [1.807, 2.05) is 41.9 Å². The first-order valence-corrected chi connectivity index (χ1v) is 11.4. The van der Waals surface area contributed by atoms with Gasteiger partial charge in [0.25, 0.3) is 5.91 Å². The Hall–Kier alpha value is -3.50. The van der Waals surface area contributed by atoms with Crippen molar-refractivity contribution >= 4 is 34.6 Å². The number of ether oxygens (including phenoxy) is 1. The largest absolute Gasteiger partial charge is 0.487 e. The fourth-order valence-electron chi connectivity index (χ4n) is 3.08. The maximum absolute atomic E-state index is 12.7. The van der Waals surface area contributed by atoms with Crippen LogP contribution >= 0.6 is 22.7 Å². The Kier molecular flexibility index (Phi) is 6.62. The fraction of sp³-hybridized carbons (Fsp3) is 0.182. The standard InChI is InChI=1S/C22H20N4O4S2/c1-25(21(27)16-9-20(22(28)29)32-14-16)10-15-5-2-3-7-19(15)30-13-17-11-26(24-23-17)12-18-6-4-8-31-18/h2-9,11,14H,10,12-13H2,1H3,(H,28,29). The summed E-state index contributed by atoms with van der Waals surface area (Å²) >= 11 is 2.70. The number of nitrogens with zero attached hydrogens (tertiary/aromatic N) is 4. The summed E-state index contributed by atoms with van der Waals surface area (Å²) in [6, 6.07) is 12.9. The maximum atomic E-state index is 12.7. The number of benzene rings is 1. The van der Waals surface area contributed by atoms with Crippen molar-refractivity contribution in [1.82, 2.24) is 19.9 Å². The summed E-state index contributed by atoms with van der Waals surface area (Å²) in [5.74, 6) is -0.639. The molecule has 3 aromatic heterocycles. The van der Waals surface area contributed by atoms with E-state index in [1.54, 1.807) is 28.4 Å². The fourth-order valence-corrected chi connectivity index (χ4v) is 4.49. The number of carboxylic acids is 1. The van der Waals surface area contributed by atoms with E-state index in [-0.39, 0.29) is 17.4 Å². The van der Waals surface area contributed by atoms with E-state index < -0.39 is 5.97 Å². The third-order valence-electron chi connectivity index (χ3n) is 4.64. The molecule has 1 amide bonds. The van der Waals surface area contributed by atoms with E-state index in [0.29, 0.717) is 30.1 Å². The second-order valence-electron chi connectivity index (χ2n) is 7.05. The molecule has 4 aromatic rings. The van der Waals surface area contributed by atoms with Crippen molar-refractivity contribution < 1.29 is 19.4 Å². The summed E-state index contributed by atoms with van der Waals surface area (Å²) in [6.07, 6.45) is 1.86. The lowest BCUT2D eigenvalue weighted by Crippen LogP contribution is -2.26. The molecule has 164 valence electrons. The number of hydrogen-bond donors (Lipinski definition) is 1. The minimum Gasteiger partial charge on any atom is -0.487 e. The summed E-state index contributed by atoms with van der Waals surface area (Å²) in [4.78, 5) is 26.6. The average Bonchev–Trinajstić information content (AvgIpc) is 3.55. The summed E-state index contributed by atoms with van der Waals surface area (Å²) < 4.78 is 7.74. The Morgan fingerprint density at radius 3 is 2.78 bits per heavy atom. The zero-order chi connectivity index (χ0) is 22.5. The molecule has 0 spiro atoms. The number of carboxylic acid groups (broad SMARTS) is 1. The molecule has 0 saturated carbocycles. The Bertz CT molecular complexity index is 1220. The van der Waals surface area contributed by atoms with Gasteiger partial charge in [0.2, 0.25) is 0 Å². The van der Waals surface area contributed by atoms with Gasteiger partial charge in [0.15, 0.2) is 0 Å². The number of hydrogen-bond acceptors (Lipinski definition) is 7. The predicted molar refractivity (Wildman–Crippen MR) is 121 cm³/mol. The van der Waals surface area contributed by atoms with Crippen LogP contribution in [0.15, 0.2) is 59.4 Å². The quantitative estimate of drug-likeness (QED) is 0.399. The van der Waals surface area contributed by atoms with Crippen LogP contribution in [0.5, 0.6) is 5.75 Å². The smallest absolute Gasteiger partial charge is 0.345 e. The van der Waals surface area contributed by atoms with Gasteiger partial charge in [0, 0.05) is 29.4 Å². The highest BCUT2D eigenvalue weighted by atomic mass is 32.1. The zero-order valence-electron chi connectivity index (χ0n) is 17.2. The van der Waals surface area contributed by atoms with Crippen LogP contribution in [0.1, 0.15) is 36.2 Å². The number of para-hydroxylation sites is 1. The van der Waals surface area contributed by atoms with Crippen LogP contribution in [0.4, 0.5) is 0 Å². The van der Waals surface area contributed by atoms with Gasteiger partial charge in [-0.15, -0.1) is 27.8 Å². The minimum absolute atomic E-state index is 0.137. The molecule has 0 bridgehead atoms. The molecule has 0 fully saturated rings. The zero-order valence-corrected chi connectivity index (χ0v) is 18.8. The molecule has 3 heterocycles. The second kappa shape index (κ2) is 9.75. The van der Waals surface area contributed by atoms with E-state index in [9.17, 15) is 9.59 Å². The van der Waals surface area contributed by atoms with Gasteiger partial charge in [-0.25, -0.2) is 9.48 Å². The Labute approximate surface area is 192 Å². The van der Waals surface area contributed by atoms with Crippen molar-refractivity contribution in [3.63, 3.8) is 0 Å². The lowest BCUT2D eigenvalue weighted by Gasteiger charge is -2.19. The van der Waals surface area contributed by atoms with Crippen molar-refractivity contribution in [2.75, 3.05) is 7.05 Å². The van der Waals surface area contributed by atoms with Crippen LogP contribution in [0, 0.1) is 0 Å². The van der Waals surface area contributed by atoms with Crippen molar-refractivity contribution in [3.05, 3.63) is 86.0 Å². The van der Waals surface area contributed by atoms with Crippen molar-refractivity contribution in [2.24, 2.45) is 0 Å². The molecule has 0 atom stereocenters. The first-order chi connectivity index (χ1) is 15.5. The molecule has 0 radical (unpaired) electrons. The van der Waals surface area contributed by atoms with Gasteiger partial charge in [-0.2, -0.15) is 0 Å². The third kappa shape index (κ3) is 5.21. The summed E-state index contributed by atoms with van der Waals surface area (Å²) in [5.41, 5.74) is 1.90. The molecule has 0 aliphatic rings. The van der Waals surface area contributed by atoms with E-state index in [0.717, 1.165) is 16.9 Å². The summed E-state index contributed by atoms with van der Waals surface area (Å²) in [7, 11) is 1.67. The maximum Gasteiger partial charge on any atom is 0.345 e. The van der Waals surface area contributed by atoms with Crippen molar-refractivity contribution in [1.29, 1.82) is 0 Å². The summed E-state index contributed by atoms with van der Waals surface area (Å²) in [5, 5.41) is 21.0. The van der Waals surface area contributed by atoms with Crippen molar-refractivity contribution in [3.8, 4) is 5.75 Å². The Morgan fingerprint density at radius 2 is 2.03 bits per heavy atom. The molecule has 32 heavy (non-hydrogen) atoms. The molecule has 8 nitrogen and oxygen atoms in total. The van der Waals surface area contributed by atoms with E-state index in [2.05, 4.69) is 16.4 Å². The molecular weight excluding hydrogens is 448 g/mol. The van der Waals surface area contributed by atoms with E-state index >= 15 is 0 Å². The van der Waals surface area contributed by atoms with Gasteiger partial charge < -0.3 is 14.7 Å². The lowest BCUT2D eigenvalue weighted by molar-refractivity contribution is 0.0702. The molecule has 1 aromatic carbocycles. The van der Waals surface area contributed by atoms with Gasteiger partial charge in [-0.1, -0.05) is 29.5 Å². The van der Waals surface area contributed by atoms with Crippen molar-refractivity contribution in [2.45, 2.75) is 19.7 Å². The monoisotopic (exact) mass is 468 g/mol. The van der Waals surface area contributed by atoms with Crippen LogP contribution in [0.25, 0.3) is 0 Å². The Morgan fingerprint density at radius 1 is 1.19 bits per heavy atom. The van der Waals surface area contributed by atoms with Gasteiger partial charge in [-0.3, -0.25) is 4.79 Å². The van der Waals surface area contributed by atoms with Crippen LogP contribution in [-0.2, 0) is 19.7 Å². The van der Waals surface area contributed by atoms with Crippen LogP contribution in [0.3, 0.4) is 0 Å². The highest BCUT2D eigenvalue weighted by molar-refractivity contribution is 7.12. The highest BCUT2D eigenvalue weighted by Crippen LogP contribution is 2.22.